The Kier molecular flexibility index (Phi) is 4.71. The minimum absolute atomic E-state index is 0.0172. The summed E-state index contributed by atoms with van der Waals surface area (Å²) in [5.41, 5.74) is 0.349. The van der Waals surface area contributed by atoms with Crippen LogP contribution in [0.2, 0.25) is 0 Å². The molecule has 0 radical (unpaired) electrons. The van der Waals surface area contributed by atoms with Crippen LogP contribution in [0.1, 0.15) is 49.4 Å². The van der Waals surface area contributed by atoms with E-state index in [1.54, 1.807) is 0 Å². The molecular formula is C15H19NO4. The number of hydrogen-bond donors (Lipinski definition) is 0. The fourth-order valence-corrected chi connectivity index (χ4v) is 2.72. The number of esters is 1. The second kappa shape index (κ2) is 6.50. The molecule has 1 aromatic carbocycles. The van der Waals surface area contributed by atoms with Gasteiger partial charge in [0.15, 0.2) is 0 Å². The van der Waals surface area contributed by atoms with Crippen LogP contribution >= 0.6 is 0 Å². The first kappa shape index (κ1) is 14.5. The fraction of sp³-hybridized carbons (Fsp3) is 0.533. The van der Waals surface area contributed by atoms with Crippen molar-refractivity contribution >= 4 is 11.7 Å². The van der Waals surface area contributed by atoms with Crippen molar-refractivity contribution in [1.29, 1.82) is 0 Å². The van der Waals surface area contributed by atoms with E-state index in [2.05, 4.69) is 6.92 Å². The third kappa shape index (κ3) is 3.35. The first-order valence-electron chi connectivity index (χ1n) is 7.07. The Morgan fingerprint density at radius 2 is 1.95 bits per heavy atom. The van der Waals surface area contributed by atoms with Gasteiger partial charge in [-0.1, -0.05) is 13.3 Å². The number of nitro benzene ring substituents is 1. The van der Waals surface area contributed by atoms with Crippen LogP contribution in [-0.2, 0) is 4.74 Å². The van der Waals surface area contributed by atoms with Crippen molar-refractivity contribution in [2.45, 2.75) is 45.1 Å². The topological polar surface area (TPSA) is 69.4 Å². The van der Waals surface area contributed by atoms with Gasteiger partial charge in [0.1, 0.15) is 6.10 Å². The van der Waals surface area contributed by atoms with Crippen LogP contribution in [0.4, 0.5) is 5.69 Å². The Morgan fingerprint density at radius 3 is 2.55 bits per heavy atom. The third-order valence-corrected chi connectivity index (χ3v) is 3.94. The number of non-ortho nitro benzene ring substituents is 1. The number of rotatable bonds is 4. The molecule has 5 heteroatoms. The van der Waals surface area contributed by atoms with E-state index in [-0.39, 0.29) is 17.8 Å². The maximum Gasteiger partial charge on any atom is 0.338 e. The van der Waals surface area contributed by atoms with Crippen molar-refractivity contribution in [2.24, 2.45) is 5.92 Å². The van der Waals surface area contributed by atoms with Gasteiger partial charge in [-0.25, -0.2) is 4.79 Å². The van der Waals surface area contributed by atoms with Gasteiger partial charge >= 0.3 is 5.97 Å². The average molecular weight is 277 g/mol. The van der Waals surface area contributed by atoms with E-state index in [9.17, 15) is 14.9 Å². The van der Waals surface area contributed by atoms with E-state index < -0.39 is 4.92 Å². The summed E-state index contributed by atoms with van der Waals surface area (Å²) in [5.74, 6) is 0.0518. The average Bonchev–Trinajstić information content (AvgIpc) is 2.48. The molecule has 1 aromatic rings. The number of carbonyl (C=O) groups excluding carboxylic acids is 1. The molecule has 0 amide bonds. The van der Waals surface area contributed by atoms with Crippen molar-refractivity contribution < 1.29 is 14.5 Å². The zero-order valence-corrected chi connectivity index (χ0v) is 11.6. The maximum absolute atomic E-state index is 12.1. The van der Waals surface area contributed by atoms with Crippen LogP contribution in [0.25, 0.3) is 0 Å². The molecule has 1 fully saturated rings. The Hall–Kier alpha value is -1.91. The summed E-state index contributed by atoms with van der Waals surface area (Å²) in [6, 6.07) is 5.55. The Bertz CT molecular complexity index is 483. The summed E-state index contributed by atoms with van der Waals surface area (Å²) in [4.78, 5) is 22.2. The fourth-order valence-electron chi connectivity index (χ4n) is 2.72. The molecule has 1 aliphatic carbocycles. The summed E-state index contributed by atoms with van der Waals surface area (Å²) in [7, 11) is 0. The number of carbonyl (C=O) groups is 1. The van der Waals surface area contributed by atoms with E-state index in [4.69, 9.17) is 4.74 Å². The summed E-state index contributed by atoms with van der Waals surface area (Å²) in [6.07, 6.45) is 5.31. The van der Waals surface area contributed by atoms with Crippen molar-refractivity contribution in [3.63, 3.8) is 0 Å². The molecule has 1 aliphatic rings. The predicted octanol–water partition coefficient (Wildman–Crippen LogP) is 3.72. The second-order valence-electron chi connectivity index (χ2n) is 5.20. The first-order chi connectivity index (χ1) is 9.61. The standard InChI is InChI=1S/C15H19NO4/c1-2-11-5-3-4-6-14(11)20-15(17)12-7-9-13(10-8-12)16(18)19/h7-11,14H,2-6H2,1H3. The lowest BCUT2D eigenvalue weighted by Gasteiger charge is -2.30. The van der Waals surface area contributed by atoms with Crippen LogP contribution in [0.3, 0.4) is 0 Å². The zero-order valence-electron chi connectivity index (χ0n) is 11.6. The number of ether oxygens (including phenoxy) is 1. The molecule has 5 nitrogen and oxygen atoms in total. The molecule has 108 valence electrons. The zero-order chi connectivity index (χ0) is 14.5. The highest BCUT2D eigenvalue weighted by Crippen LogP contribution is 2.29. The molecule has 2 rings (SSSR count). The minimum Gasteiger partial charge on any atom is -0.458 e. The SMILES string of the molecule is CCC1CCCCC1OC(=O)c1ccc([N+](=O)[O-])cc1. The largest absolute Gasteiger partial charge is 0.458 e. The van der Waals surface area contributed by atoms with Crippen LogP contribution in [0.15, 0.2) is 24.3 Å². The Morgan fingerprint density at radius 1 is 1.30 bits per heavy atom. The van der Waals surface area contributed by atoms with Crippen LogP contribution in [0.5, 0.6) is 0 Å². The molecule has 0 aromatic heterocycles. The second-order valence-corrected chi connectivity index (χ2v) is 5.20. The molecule has 0 bridgehead atoms. The highest BCUT2D eigenvalue weighted by Gasteiger charge is 2.27. The maximum atomic E-state index is 12.1. The first-order valence-corrected chi connectivity index (χ1v) is 7.07. The van der Waals surface area contributed by atoms with Gasteiger partial charge in [0.25, 0.3) is 5.69 Å². The molecule has 1 saturated carbocycles. The normalized spacial score (nSPS) is 22.2. The van der Waals surface area contributed by atoms with Crippen LogP contribution in [0, 0.1) is 16.0 Å². The lowest BCUT2D eigenvalue weighted by Crippen LogP contribution is -2.29. The summed E-state index contributed by atoms with van der Waals surface area (Å²) < 4.78 is 5.57. The molecular weight excluding hydrogens is 258 g/mol. The van der Waals surface area contributed by atoms with Gasteiger partial charge in [0.2, 0.25) is 0 Å². The van der Waals surface area contributed by atoms with Crippen molar-refractivity contribution in [2.75, 3.05) is 0 Å². The molecule has 2 atom stereocenters. The molecule has 0 saturated heterocycles. The van der Waals surface area contributed by atoms with Gasteiger partial charge in [-0.3, -0.25) is 10.1 Å². The molecule has 0 heterocycles. The summed E-state index contributed by atoms with van der Waals surface area (Å²) >= 11 is 0. The predicted molar refractivity (Wildman–Crippen MR) is 74.5 cm³/mol. The van der Waals surface area contributed by atoms with E-state index in [0.29, 0.717) is 11.5 Å². The van der Waals surface area contributed by atoms with E-state index in [1.807, 2.05) is 0 Å². The summed E-state index contributed by atoms with van der Waals surface area (Å²) in [5, 5.41) is 10.6. The highest BCUT2D eigenvalue weighted by atomic mass is 16.6. The van der Waals surface area contributed by atoms with Gasteiger partial charge in [-0.05, 0) is 43.7 Å². The van der Waals surface area contributed by atoms with Crippen molar-refractivity contribution in [1.82, 2.24) is 0 Å². The quantitative estimate of drug-likeness (QED) is 0.478. The summed E-state index contributed by atoms with van der Waals surface area (Å²) in [6.45, 7) is 2.11. The van der Waals surface area contributed by atoms with Gasteiger partial charge in [-0.2, -0.15) is 0 Å². The van der Waals surface area contributed by atoms with Gasteiger partial charge in [0, 0.05) is 12.1 Å². The van der Waals surface area contributed by atoms with Gasteiger partial charge in [-0.15, -0.1) is 0 Å². The van der Waals surface area contributed by atoms with E-state index in [1.165, 1.54) is 30.7 Å². The number of nitrogens with zero attached hydrogens (tertiary/aromatic N) is 1. The van der Waals surface area contributed by atoms with E-state index in [0.717, 1.165) is 25.7 Å². The van der Waals surface area contributed by atoms with E-state index >= 15 is 0 Å². The minimum atomic E-state index is -0.483. The Labute approximate surface area is 118 Å². The molecule has 0 aliphatic heterocycles. The number of hydrogen-bond acceptors (Lipinski definition) is 4. The van der Waals surface area contributed by atoms with Gasteiger partial charge < -0.3 is 4.74 Å². The van der Waals surface area contributed by atoms with Crippen LogP contribution in [-0.4, -0.2) is 17.0 Å². The lowest BCUT2D eigenvalue weighted by molar-refractivity contribution is -0.384. The van der Waals surface area contributed by atoms with Gasteiger partial charge in [0.05, 0.1) is 10.5 Å². The molecule has 0 N–H and O–H groups in total. The van der Waals surface area contributed by atoms with Crippen molar-refractivity contribution in [3.8, 4) is 0 Å². The molecule has 0 spiro atoms. The Balaban J connectivity index is 2.01. The third-order valence-electron chi connectivity index (χ3n) is 3.94. The lowest BCUT2D eigenvalue weighted by atomic mass is 9.85. The monoisotopic (exact) mass is 277 g/mol. The molecule has 2 unspecified atom stereocenters. The van der Waals surface area contributed by atoms with Crippen LogP contribution < -0.4 is 0 Å². The highest BCUT2D eigenvalue weighted by molar-refractivity contribution is 5.89. The number of benzene rings is 1. The smallest absolute Gasteiger partial charge is 0.338 e. The number of nitro groups is 1. The van der Waals surface area contributed by atoms with Crippen molar-refractivity contribution in [3.05, 3.63) is 39.9 Å². The molecule has 20 heavy (non-hydrogen) atoms.